The molecule has 2 aromatic heterocycles. The van der Waals surface area contributed by atoms with Crippen molar-refractivity contribution in [1.82, 2.24) is 19.8 Å². The molecular weight excluding hydrogens is 319 g/mol. The Bertz CT molecular complexity index is 824. The van der Waals surface area contributed by atoms with E-state index in [9.17, 15) is 13.2 Å². The molecule has 0 aliphatic heterocycles. The number of aromatic nitrogens is 4. The summed E-state index contributed by atoms with van der Waals surface area (Å²) in [6.45, 7) is 2.66. The molecule has 0 bridgehead atoms. The minimum Gasteiger partial charge on any atom is -0.368 e. The van der Waals surface area contributed by atoms with Gasteiger partial charge >= 0.3 is 6.18 Å². The van der Waals surface area contributed by atoms with Crippen LogP contribution in [0.15, 0.2) is 36.4 Å². The van der Waals surface area contributed by atoms with Crippen molar-refractivity contribution in [2.75, 3.05) is 11.9 Å². The number of anilines is 1. The molecule has 24 heavy (non-hydrogen) atoms. The molecule has 1 aromatic carbocycles. The van der Waals surface area contributed by atoms with Gasteiger partial charge in [-0.3, -0.25) is 0 Å². The van der Waals surface area contributed by atoms with E-state index in [1.165, 1.54) is 11.6 Å². The molecule has 3 rings (SSSR count). The van der Waals surface area contributed by atoms with Gasteiger partial charge in [-0.25, -0.2) is 0 Å². The molecule has 5 nitrogen and oxygen atoms in total. The smallest absolute Gasteiger partial charge is 0.368 e. The first kappa shape index (κ1) is 16.2. The van der Waals surface area contributed by atoms with Crippen molar-refractivity contribution >= 4 is 11.5 Å². The third-order valence-corrected chi connectivity index (χ3v) is 3.67. The van der Waals surface area contributed by atoms with Crippen LogP contribution in [0.3, 0.4) is 0 Å². The van der Waals surface area contributed by atoms with Crippen LogP contribution in [-0.4, -0.2) is 26.4 Å². The first-order chi connectivity index (χ1) is 11.5. The lowest BCUT2D eigenvalue weighted by Crippen LogP contribution is -2.14. The highest BCUT2D eigenvalue weighted by molar-refractivity contribution is 5.44. The van der Waals surface area contributed by atoms with Crippen molar-refractivity contribution in [2.24, 2.45) is 0 Å². The molecule has 126 valence electrons. The Morgan fingerprint density at radius 3 is 2.38 bits per heavy atom. The third kappa shape index (κ3) is 3.47. The molecule has 2 heterocycles. The van der Waals surface area contributed by atoms with E-state index in [4.69, 9.17) is 0 Å². The Morgan fingerprint density at radius 1 is 1.00 bits per heavy atom. The Balaban J connectivity index is 1.68. The zero-order valence-corrected chi connectivity index (χ0v) is 13.0. The number of nitrogens with zero attached hydrogens (tertiary/aromatic N) is 4. The topological polar surface area (TPSA) is 55.1 Å². The first-order valence-electron chi connectivity index (χ1n) is 7.58. The summed E-state index contributed by atoms with van der Waals surface area (Å²) in [4.78, 5) is 0. The van der Waals surface area contributed by atoms with Crippen LogP contribution >= 0.6 is 0 Å². The highest BCUT2D eigenvalue weighted by atomic mass is 19.4. The minimum atomic E-state index is -4.59. The van der Waals surface area contributed by atoms with Gasteiger partial charge in [-0.2, -0.15) is 17.7 Å². The number of nitrogens with one attached hydrogen (secondary N) is 1. The molecule has 0 saturated heterocycles. The Hall–Kier alpha value is -2.64. The second kappa shape index (κ2) is 6.46. The summed E-state index contributed by atoms with van der Waals surface area (Å²) >= 11 is 0. The maximum atomic E-state index is 12.8. The van der Waals surface area contributed by atoms with E-state index in [0.717, 1.165) is 18.4 Å². The average molecular weight is 335 g/mol. The summed E-state index contributed by atoms with van der Waals surface area (Å²) < 4.78 is 39.2. The fourth-order valence-electron chi connectivity index (χ4n) is 2.34. The van der Waals surface area contributed by atoms with Gasteiger partial charge in [-0.1, -0.05) is 31.2 Å². The Morgan fingerprint density at radius 2 is 1.71 bits per heavy atom. The van der Waals surface area contributed by atoms with Crippen LogP contribution in [0.2, 0.25) is 0 Å². The predicted molar refractivity (Wildman–Crippen MR) is 83.8 cm³/mol. The van der Waals surface area contributed by atoms with E-state index in [-0.39, 0.29) is 5.65 Å². The summed E-state index contributed by atoms with van der Waals surface area (Å²) in [7, 11) is 0. The van der Waals surface area contributed by atoms with Gasteiger partial charge in [0.1, 0.15) is 5.82 Å². The second-order valence-corrected chi connectivity index (χ2v) is 5.36. The lowest BCUT2D eigenvalue weighted by Gasteiger charge is -2.08. The molecule has 0 unspecified atom stereocenters. The van der Waals surface area contributed by atoms with Crippen molar-refractivity contribution in [3.05, 3.63) is 53.3 Å². The van der Waals surface area contributed by atoms with E-state index in [0.29, 0.717) is 16.9 Å². The van der Waals surface area contributed by atoms with E-state index in [1.807, 2.05) is 0 Å². The van der Waals surface area contributed by atoms with Crippen molar-refractivity contribution in [3.63, 3.8) is 0 Å². The molecule has 1 N–H and O–H groups in total. The summed E-state index contributed by atoms with van der Waals surface area (Å²) in [5.41, 5.74) is 2.48. The monoisotopic (exact) mass is 335 g/mol. The van der Waals surface area contributed by atoms with Gasteiger partial charge in [0.15, 0.2) is 5.65 Å². The lowest BCUT2D eigenvalue weighted by atomic mass is 10.1. The summed E-state index contributed by atoms with van der Waals surface area (Å²) in [5.74, 6) is -0.783. The standard InChI is InChI=1S/C16H16F3N5/c1-2-11-3-5-12(6-4-11)9-10-20-13-7-8-14-21-22-15(16(17,18)19)24(14)23-13/h3-8H,2,9-10H2,1H3,(H,20,23). The molecule has 0 radical (unpaired) electrons. The summed E-state index contributed by atoms with van der Waals surface area (Å²) in [6, 6.07) is 11.3. The van der Waals surface area contributed by atoms with E-state index in [1.54, 1.807) is 6.07 Å². The molecule has 0 aliphatic rings. The fraction of sp³-hybridized carbons (Fsp3) is 0.312. The van der Waals surface area contributed by atoms with Crippen LogP contribution in [0, 0.1) is 0 Å². The molecule has 3 aromatic rings. The van der Waals surface area contributed by atoms with Gasteiger partial charge in [-0.05, 0) is 36.1 Å². The molecule has 0 amide bonds. The molecule has 0 aliphatic carbocycles. The largest absolute Gasteiger partial charge is 0.453 e. The number of rotatable bonds is 5. The Kier molecular flexibility index (Phi) is 4.37. The summed E-state index contributed by atoms with van der Waals surface area (Å²) in [5, 5.41) is 13.6. The van der Waals surface area contributed by atoms with E-state index in [2.05, 4.69) is 51.8 Å². The van der Waals surface area contributed by atoms with E-state index < -0.39 is 12.0 Å². The normalized spacial score (nSPS) is 11.8. The van der Waals surface area contributed by atoms with Crippen LogP contribution in [0.25, 0.3) is 5.65 Å². The quantitative estimate of drug-likeness (QED) is 0.777. The highest BCUT2D eigenvalue weighted by Gasteiger charge is 2.37. The molecule has 0 spiro atoms. The van der Waals surface area contributed by atoms with Crippen LogP contribution in [0.4, 0.5) is 19.0 Å². The first-order valence-corrected chi connectivity index (χ1v) is 7.58. The van der Waals surface area contributed by atoms with Crippen molar-refractivity contribution in [2.45, 2.75) is 25.9 Å². The van der Waals surface area contributed by atoms with Gasteiger partial charge in [0.2, 0.25) is 0 Å². The maximum absolute atomic E-state index is 12.8. The fourth-order valence-corrected chi connectivity index (χ4v) is 2.34. The molecular formula is C16H16F3N5. The number of alkyl halides is 3. The van der Waals surface area contributed by atoms with Crippen molar-refractivity contribution in [1.29, 1.82) is 0 Å². The number of hydrogen-bond acceptors (Lipinski definition) is 4. The van der Waals surface area contributed by atoms with Crippen LogP contribution in [-0.2, 0) is 19.0 Å². The molecule has 0 fully saturated rings. The van der Waals surface area contributed by atoms with Gasteiger partial charge in [0.05, 0.1) is 0 Å². The number of halogens is 3. The average Bonchev–Trinajstić information content (AvgIpc) is 2.99. The number of benzene rings is 1. The maximum Gasteiger partial charge on any atom is 0.453 e. The van der Waals surface area contributed by atoms with Crippen molar-refractivity contribution in [3.8, 4) is 0 Å². The lowest BCUT2D eigenvalue weighted by molar-refractivity contribution is -0.146. The zero-order valence-electron chi connectivity index (χ0n) is 13.0. The zero-order chi connectivity index (χ0) is 17.2. The van der Waals surface area contributed by atoms with Crippen LogP contribution < -0.4 is 5.32 Å². The van der Waals surface area contributed by atoms with Gasteiger partial charge in [-0.15, -0.1) is 15.3 Å². The van der Waals surface area contributed by atoms with E-state index >= 15 is 0 Å². The Labute approximate surface area is 136 Å². The van der Waals surface area contributed by atoms with Crippen molar-refractivity contribution < 1.29 is 13.2 Å². The van der Waals surface area contributed by atoms with Crippen LogP contribution in [0.1, 0.15) is 23.9 Å². The summed E-state index contributed by atoms with van der Waals surface area (Å²) in [6.07, 6.45) is -2.85. The predicted octanol–water partition coefficient (Wildman–Crippen LogP) is 3.36. The third-order valence-electron chi connectivity index (χ3n) is 3.67. The highest BCUT2D eigenvalue weighted by Crippen LogP contribution is 2.27. The molecule has 0 atom stereocenters. The van der Waals surface area contributed by atoms with Gasteiger partial charge < -0.3 is 5.32 Å². The number of aryl methyl sites for hydroxylation is 1. The minimum absolute atomic E-state index is 0.0584. The van der Waals surface area contributed by atoms with Crippen LogP contribution in [0.5, 0.6) is 0 Å². The number of fused-ring (bicyclic) bond motifs is 1. The second-order valence-electron chi connectivity index (χ2n) is 5.36. The SMILES string of the molecule is CCc1ccc(CCNc2ccc3nnc(C(F)(F)F)n3n2)cc1. The molecule has 0 saturated carbocycles. The molecule has 8 heteroatoms. The van der Waals surface area contributed by atoms with Gasteiger partial charge in [0.25, 0.3) is 5.82 Å². The number of hydrogen-bond donors (Lipinski definition) is 1. The van der Waals surface area contributed by atoms with Gasteiger partial charge in [0, 0.05) is 6.54 Å².